The molecule has 2 unspecified atom stereocenters. The minimum Gasteiger partial charge on any atom is -0.481 e. The van der Waals surface area contributed by atoms with E-state index in [1.165, 1.54) is 18.2 Å². The van der Waals surface area contributed by atoms with Gasteiger partial charge in [-0.3, -0.25) is 9.59 Å². The molecular formula is C24H31ClF3NO3. The van der Waals surface area contributed by atoms with Gasteiger partial charge in [0.25, 0.3) is 5.92 Å². The summed E-state index contributed by atoms with van der Waals surface area (Å²) in [6.07, 6.45) is 3.91. The number of carboxylic acids is 1. The molecule has 1 aromatic carbocycles. The fraction of sp³-hybridized carbons (Fsp3) is 0.667. The zero-order valence-electron chi connectivity index (χ0n) is 18.3. The Balaban J connectivity index is 1.74. The Bertz CT molecular complexity index is 844. The summed E-state index contributed by atoms with van der Waals surface area (Å²) in [6.45, 7) is 1.94. The highest BCUT2D eigenvalue weighted by atomic mass is 35.5. The van der Waals surface area contributed by atoms with Crippen LogP contribution in [0.15, 0.2) is 18.2 Å². The van der Waals surface area contributed by atoms with Gasteiger partial charge in [0.05, 0.1) is 11.1 Å². The average molecular weight is 474 g/mol. The minimum atomic E-state index is -2.92. The molecule has 0 aromatic heterocycles. The van der Waals surface area contributed by atoms with Crippen LogP contribution in [0.1, 0.15) is 70.3 Å². The molecular weight excluding hydrogens is 443 g/mol. The third-order valence-electron chi connectivity index (χ3n) is 7.00. The molecule has 0 heterocycles. The second kappa shape index (κ2) is 10.0. The van der Waals surface area contributed by atoms with Crippen molar-refractivity contribution < 1.29 is 27.9 Å². The van der Waals surface area contributed by atoms with Gasteiger partial charge in [-0.25, -0.2) is 13.2 Å². The Morgan fingerprint density at radius 3 is 2.53 bits per heavy atom. The number of carbonyl (C=O) groups excluding carboxylic acids is 1. The molecule has 2 saturated carbocycles. The van der Waals surface area contributed by atoms with Crippen molar-refractivity contribution in [1.29, 1.82) is 0 Å². The number of halogens is 4. The maximum atomic E-state index is 14.5. The second-order valence-corrected chi connectivity index (χ2v) is 9.99. The van der Waals surface area contributed by atoms with Gasteiger partial charge in [0.2, 0.25) is 5.91 Å². The summed E-state index contributed by atoms with van der Waals surface area (Å²) in [6, 6.07) is 4.11. The van der Waals surface area contributed by atoms with Crippen LogP contribution in [0.3, 0.4) is 0 Å². The van der Waals surface area contributed by atoms with Gasteiger partial charge >= 0.3 is 5.97 Å². The van der Waals surface area contributed by atoms with E-state index < -0.39 is 40.9 Å². The molecule has 178 valence electrons. The van der Waals surface area contributed by atoms with Crippen LogP contribution in [0, 0.1) is 23.1 Å². The molecule has 1 aromatic rings. The van der Waals surface area contributed by atoms with Crippen molar-refractivity contribution in [1.82, 2.24) is 0 Å². The van der Waals surface area contributed by atoms with Crippen LogP contribution >= 0.6 is 11.6 Å². The first-order valence-corrected chi connectivity index (χ1v) is 11.9. The summed E-state index contributed by atoms with van der Waals surface area (Å²) in [5.41, 5.74) is -0.327. The lowest BCUT2D eigenvalue weighted by Gasteiger charge is -2.28. The molecule has 0 radical (unpaired) electrons. The van der Waals surface area contributed by atoms with Gasteiger partial charge in [-0.1, -0.05) is 19.4 Å². The first kappa shape index (κ1) is 24.9. The average Bonchev–Trinajstić information content (AvgIpc) is 3.44. The third-order valence-corrected chi connectivity index (χ3v) is 7.53. The number of benzene rings is 1. The molecule has 2 aliphatic rings. The van der Waals surface area contributed by atoms with Crippen molar-refractivity contribution >= 4 is 29.2 Å². The molecule has 3 rings (SSSR count). The van der Waals surface area contributed by atoms with E-state index in [0.29, 0.717) is 37.7 Å². The van der Waals surface area contributed by atoms with Gasteiger partial charge in [-0.15, -0.1) is 11.6 Å². The second-order valence-electron chi connectivity index (χ2n) is 9.37. The van der Waals surface area contributed by atoms with Crippen LogP contribution in [0.5, 0.6) is 0 Å². The molecule has 8 heteroatoms. The molecule has 2 fully saturated rings. The van der Waals surface area contributed by atoms with Gasteiger partial charge < -0.3 is 10.4 Å². The van der Waals surface area contributed by atoms with E-state index in [0.717, 1.165) is 6.42 Å². The summed E-state index contributed by atoms with van der Waals surface area (Å²) >= 11 is 6.15. The molecule has 0 saturated heterocycles. The van der Waals surface area contributed by atoms with Crippen LogP contribution in [0.25, 0.3) is 0 Å². The zero-order valence-corrected chi connectivity index (χ0v) is 19.1. The van der Waals surface area contributed by atoms with E-state index in [1.54, 1.807) is 0 Å². The number of nitrogens with one attached hydrogen (secondary N) is 1. The Morgan fingerprint density at radius 1 is 1.25 bits per heavy atom. The number of carboxylic acid groups (broad SMARTS) is 1. The first-order chi connectivity index (χ1) is 15.1. The standard InChI is InChI=1S/C24H31ClF3NO3/c1-2-16(25)5-3-6-17(18-7-4-10-24(18,27)28)21(30)29-20-13-15(8-9-19(20)26)14-23(11-12-23)22(31)32/h8-9,13,16-18H,2-7,10-12,14H2,1H3,(H,29,30)(H,31,32)/t16?,17-,18?/m0/s1. The molecule has 2 aliphatic carbocycles. The van der Waals surface area contributed by atoms with Gasteiger partial charge in [0.1, 0.15) is 5.82 Å². The van der Waals surface area contributed by atoms with E-state index in [2.05, 4.69) is 5.32 Å². The van der Waals surface area contributed by atoms with Gasteiger partial charge in [-0.05, 0) is 69.1 Å². The van der Waals surface area contributed by atoms with Crippen LogP contribution in [0.2, 0.25) is 0 Å². The lowest BCUT2D eigenvalue weighted by atomic mass is 9.83. The topological polar surface area (TPSA) is 66.4 Å². The lowest BCUT2D eigenvalue weighted by molar-refractivity contribution is -0.143. The van der Waals surface area contributed by atoms with E-state index in [9.17, 15) is 27.9 Å². The highest BCUT2D eigenvalue weighted by Gasteiger charge is 2.51. The van der Waals surface area contributed by atoms with Gasteiger partial charge in [0, 0.05) is 23.6 Å². The SMILES string of the molecule is CCC(Cl)CCC[C@H](C(=O)Nc1cc(CC2(C(=O)O)CC2)ccc1F)C1CCCC1(F)F. The quantitative estimate of drug-likeness (QED) is 0.365. The predicted octanol–water partition coefficient (Wildman–Crippen LogP) is 6.41. The number of rotatable bonds is 11. The van der Waals surface area contributed by atoms with Crippen molar-refractivity contribution in [2.75, 3.05) is 5.32 Å². The van der Waals surface area contributed by atoms with Crippen molar-refractivity contribution in [2.24, 2.45) is 17.3 Å². The van der Waals surface area contributed by atoms with E-state index in [1.807, 2.05) is 6.92 Å². The number of hydrogen-bond donors (Lipinski definition) is 2. The van der Waals surface area contributed by atoms with Crippen LogP contribution < -0.4 is 5.32 Å². The zero-order chi connectivity index (χ0) is 23.5. The Kier molecular flexibility index (Phi) is 7.79. The van der Waals surface area contributed by atoms with Crippen molar-refractivity contribution in [3.8, 4) is 0 Å². The van der Waals surface area contributed by atoms with Crippen molar-refractivity contribution in [3.05, 3.63) is 29.6 Å². The molecule has 0 spiro atoms. The fourth-order valence-electron chi connectivity index (χ4n) is 4.74. The minimum absolute atomic E-state index is 0.0686. The summed E-state index contributed by atoms with van der Waals surface area (Å²) in [4.78, 5) is 24.5. The number of amides is 1. The van der Waals surface area contributed by atoms with E-state index in [4.69, 9.17) is 11.6 Å². The fourth-order valence-corrected chi connectivity index (χ4v) is 4.89. The van der Waals surface area contributed by atoms with Crippen molar-refractivity contribution in [2.45, 2.75) is 82.4 Å². The van der Waals surface area contributed by atoms with E-state index in [-0.39, 0.29) is 36.7 Å². The largest absolute Gasteiger partial charge is 0.481 e. The van der Waals surface area contributed by atoms with Crippen molar-refractivity contribution in [3.63, 3.8) is 0 Å². The monoisotopic (exact) mass is 473 g/mol. The summed E-state index contributed by atoms with van der Waals surface area (Å²) in [5, 5.41) is 11.8. The Morgan fingerprint density at radius 2 is 1.97 bits per heavy atom. The number of alkyl halides is 3. The maximum Gasteiger partial charge on any atom is 0.309 e. The summed E-state index contributed by atoms with van der Waals surface area (Å²) < 4.78 is 43.4. The normalized spacial score (nSPS) is 22.8. The number of hydrogen-bond acceptors (Lipinski definition) is 2. The Labute approximate surface area is 191 Å². The molecule has 4 nitrogen and oxygen atoms in total. The molecule has 3 atom stereocenters. The highest BCUT2D eigenvalue weighted by Crippen LogP contribution is 2.49. The van der Waals surface area contributed by atoms with E-state index >= 15 is 0 Å². The third kappa shape index (κ3) is 5.77. The smallest absolute Gasteiger partial charge is 0.309 e. The number of carbonyl (C=O) groups is 2. The molecule has 2 N–H and O–H groups in total. The highest BCUT2D eigenvalue weighted by molar-refractivity contribution is 6.20. The van der Waals surface area contributed by atoms with Gasteiger partial charge in [0.15, 0.2) is 0 Å². The first-order valence-electron chi connectivity index (χ1n) is 11.4. The molecule has 1 amide bonds. The van der Waals surface area contributed by atoms with Crippen LogP contribution in [0.4, 0.5) is 18.9 Å². The molecule has 0 bridgehead atoms. The van der Waals surface area contributed by atoms with Crippen LogP contribution in [-0.2, 0) is 16.0 Å². The summed E-state index contributed by atoms with van der Waals surface area (Å²) in [5.74, 6) is -7.12. The molecule has 32 heavy (non-hydrogen) atoms. The number of anilines is 1. The summed E-state index contributed by atoms with van der Waals surface area (Å²) in [7, 11) is 0. The predicted molar refractivity (Wildman–Crippen MR) is 118 cm³/mol. The van der Waals surface area contributed by atoms with Crippen LogP contribution in [-0.4, -0.2) is 28.3 Å². The molecule has 0 aliphatic heterocycles. The number of aliphatic carboxylic acids is 1. The lowest BCUT2D eigenvalue weighted by Crippen LogP contribution is -2.37. The van der Waals surface area contributed by atoms with Gasteiger partial charge in [-0.2, -0.15) is 0 Å². The maximum absolute atomic E-state index is 14.5. The Hall–Kier alpha value is -1.76.